The number of methoxy groups -OCH3 is 1. The maximum Gasteiger partial charge on any atom is 0.323 e. The number of rotatable bonds is 3. The number of aliphatic hydroxyl groups is 1. The van der Waals surface area contributed by atoms with E-state index < -0.39 is 0 Å². The van der Waals surface area contributed by atoms with Crippen LogP contribution >= 0.6 is 0 Å². The summed E-state index contributed by atoms with van der Waals surface area (Å²) >= 11 is 0. The van der Waals surface area contributed by atoms with Crippen molar-refractivity contribution in [1.82, 2.24) is 4.90 Å². The molecule has 0 aromatic heterocycles. The van der Waals surface area contributed by atoms with Crippen molar-refractivity contribution < 1.29 is 14.6 Å². The Morgan fingerprint density at radius 1 is 1.35 bits per heavy atom. The minimum atomic E-state index is -0.121. The highest BCUT2D eigenvalue weighted by molar-refractivity contribution is 5.91. The maximum absolute atomic E-state index is 11.8. The molecule has 1 N–H and O–H groups in total. The molecule has 0 heterocycles. The lowest BCUT2D eigenvalue weighted by atomic mass is 10.2. The molecule has 1 aromatic rings. The predicted molar refractivity (Wildman–Crippen MR) is 66.4 cm³/mol. The van der Waals surface area contributed by atoms with Crippen molar-refractivity contribution in [3.63, 3.8) is 0 Å². The largest absolute Gasteiger partial charge is 0.496 e. The first kappa shape index (κ1) is 13.3. The summed E-state index contributed by atoms with van der Waals surface area (Å²) in [7, 11) is 6.61. The Morgan fingerprint density at radius 2 is 2.00 bits per heavy atom. The minimum absolute atomic E-state index is 0.0885. The SMILES string of the molecule is COc1cc(N(C)C(=O)N(C)C)ccc1CO. The van der Waals surface area contributed by atoms with Gasteiger partial charge in [0, 0.05) is 38.5 Å². The van der Waals surface area contributed by atoms with Gasteiger partial charge < -0.3 is 14.7 Å². The van der Waals surface area contributed by atoms with Crippen LogP contribution in [0.2, 0.25) is 0 Å². The zero-order chi connectivity index (χ0) is 13.0. The standard InChI is InChI=1S/C12H18N2O3/c1-13(2)12(16)14(3)10-6-5-9(8-15)11(7-10)17-4/h5-7,15H,8H2,1-4H3. The molecular formula is C12H18N2O3. The number of carbonyl (C=O) groups excluding carboxylic acids is 1. The van der Waals surface area contributed by atoms with Gasteiger partial charge in [-0.05, 0) is 6.07 Å². The van der Waals surface area contributed by atoms with Crippen molar-refractivity contribution in [3.05, 3.63) is 23.8 Å². The Hall–Kier alpha value is -1.75. The highest BCUT2D eigenvalue weighted by atomic mass is 16.5. The molecule has 2 amide bonds. The molecule has 0 atom stereocenters. The van der Waals surface area contributed by atoms with Crippen LogP contribution in [-0.2, 0) is 6.61 Å². The predicted octanol–water partition coefficient (Wildman–Crippen LogP) is 1.31. The molecule has 0 aliphatic rings. The normalized spacial score (nSPS) is 9.94. The van der Waals surface area contributed by atoms with Crippen LogP contribution in [0.25, 0.3) is 0 Å². The third-order valence-electron chi connectivity index (χ3n) is 2.50. The summed E-state index contributed by atoms with van der Waals surface area (Å²) in [6.45, 7) is -0.0885. The number of nitrogens with zero attached hydrogens (tertiary/aromatic N) is 2. The van der Waals surface area contributed by atoms with E-state index in [9.17, 15) is 4.79 Å². The third kappa shape index (κ3) is 2.88. The van der Waals surface area contributed by atoms with E-state index in [0.29, 0.717) is 11.3 Å². The summed E-state index contributed by atoms with van der Waals surface area (Å²) in [5.74, 6) is 0.573. The van der Waals surface area contributed by atoms with Crippen LogP contribution in [0, 0.1) is 0 Å². The molecule has 0 unspecified atom stereocenters. The third-order valence-corrected chi connectivity index (χ3v) is 2.50. The van der Waals surface area contributed by atoms with Gasteiger partial charge in [-0.3, -0.25) is 4.90 Å². The van der Waals surface area contributed by atoms with E-state index in [1.807, 2.05) is 0 Å². The smallest absolute Gasteiger partial charge is 0.323 e. The highest BCUT2D eigenvalue weighted by Crippen LogP contribution is 2.25. The van der Waals surface area contributed by atoms with Gasteiger partial charge in [0.15, 0.2) is 0 Å². The second-order valence-electron chi connectivity index (χ2n) is 3.89. The molecule has 94 valence electrons. The van der Waals surface area contributed by atoms with Gasteiger partial charge in [0.2, 0.25) is 0 Å². The number of benzene rings is 1. The zero-order valence-electron chi connectivity index (χ0n) is 10.6. The molecule has 0 spiro atoms. The lowest BCUT2D eigenvalue weighted by Gasteiger charge is -2.22. The number of urea groups is 1. The van der Waals surface area contributed by atoms with Gasteiger partial charge in [0.1, 0.15) is 5.75 Å². The quantitative estimate of drug-likeness (QED) is 0.863. The Kier molecular flexibility index (Phi) is 4.34. The number of carbonyl (C=O) groups is 1. The van der Waals surface area contributed by atoms with E-state index in [1.54, 1.807) is 39.3 Å². The molecule has 0 aliphatic heterocycles. The first-order valence-electron chi connectivity index (χ1n) is 5.24. The van der Waals surface area contributed by atoms with Crippen molar-refractivity contribution >= 4 is 11.7 Å². The zero-order valence-corrected chi connectivity index (χ0v) is 10.6. The molecule has 5 nitrogen and oxygen atoms in total. The van der Waals surface area contributed by atoms with Crippen LogP contribution in [0.4, 0.5) is 10.5 Å². The van der Waals surface area contributed by atoms with Gasteiger partial charge in [-0.25, -0.2) is 4.79 Å². The van der Waals surface area contributed by atoms with Gasteiger partial charge in [0.05, 0.1) is 13.7 Å². The fourth-order valence-corrected chi connectivity index (χ4v) is 1.48. The molecule has 0 bridgehead atoms. The molecular weight excluding hydrogens is 220 g/mol. The van der Waals surface area contributed by atoms with E-state index in [1.165, 1.54) is 16.9 Å². The number of amides is 2. The van der Waals surface area contributed by atoms with Crippen molar-refractivity contribution in [2.75, 3.05) is 33.2 Å². The maximum atomic E-state index is 11.8. The number of hydrogen-bond acceptors (Lipinski definition) is 3. The summed E-state index contributed by atoms with van der Waals surface area (Å²) in [5.41, 5.74) is 1.42. The molecule has 0 radical (unpaired) electrons. The topological polar surface area (TPSA) is 53.0 Å². The second kappa shape index (κ2) is 5.54. The average Bonchev–Trinajstić information content (AvgIpc) is 2.35. The van der Waals surface area contributed by atoms with E-state index in [4.69, 9.17) is 9.84 Å². The Labute approximate surface area is 101 Å². The van der Waals surface area contributed by atoms with Gasteiger partial charge in [-0.1, -0.05) is 6.07 Å². The molecule has 17 heavy (non-hydrogen) atoms. The minimum Gasteiger partial charge on any atom is -0.496 e. The van der Waals surface area contributed by atoms with Crippen molar-refractivity contribution in [2.24, 2.45) is 0 Å². The van der Waals surface area contributed by atoms with Crippen LogP contribution in [0.1, 0.15) is 5.56 Å². The molecule has 1 rings (SSSR count). The molecule has 5 heteroatoms. The average molecular weight is 238 g/mol. The first-order chi connectivity index (χ1) is 8.01. The van der Waals surface area contributed by atoms with Crippen molar-refractivity contribution in [2.45, 2.75) is 6.61 Å². The lowest BCUT2D eigenvalue weighted by Crippen LogP contribution is -2.36. The molecule has 1 aromatic carbocycles. The summed E-state index contributed by atoms with van der Waals surface area (Å²) in [6.07, 6.45) is 0. The van der Waals surface area contributed by atoms with Crippen LogP contribution in [0.15, 0.2) is 18.2 Å². The van der Waals surface area contributed by atoms with Gasteiger partial charge >= 0.3 is 6.03 Å². The number of anilines is 1. The first-order valence-corrected chi connectivity index (χ1v) is 5.24. The fraction of sp³-hybridized carbons (Fsp3) is 0.417. The van der Waals surface area contributed by atoms with Gasteiger partial charge in [0.25, 0.3) is 0 Å². The van der Waals surface area contributed by atoms with Gasteiger partial charge in [-0.2, -0.15) is 0 Å². The summed E-state index contributed by atoms with van der Waals surface area (Å²) in [4.78, 5) is 14.8. The van der Waals surface area contributed by atoms with Crippen molar-refractivity contribution in [1.29, 1.82) is 0 Å². The molecule has 0 saturated carbocycles. The van der Waals surface area contributed by atoms with E-state index >= 15 is 0 Å². The van der Waals surface area contributed by atoms with E-state index in [2.05, 4.69) is 0 Å². The van der Waals surface area contributed by atoms with E-state index in [-0.39, 0.29) is 12.6 Å². The Morgan fingerprint density at radius 3 is 2.47 bits per heavy atom. The number of hydrogen-bond donors (Lipinski definition) is 1. The summed E-state index contributed by atoms with van der Waals surface area (Å²) < 4.78 is 5.16. The van der Waals surface area contributed by atoms with E-state index in [0.717, 1.165) is 5.69 Å². The Bertz CT molecular complexity index is 405. The fourth-order valence-electron chi connectivity index (χ4n) is 1.48. The molecule has 0 fully saturated rings. The van der Waals surface area contributed by atoms with Crippen LogP contribution in [-0.4, -0.2) is 44.3 Å². The van der Waals surface area contributed by atoms with Gasteiger partial charge in [-0.15, -0.1) is 0 Å². The Balaban J connectivity index is 3.03. The van der Waals surface area contributed by atoms with Crippen LogP contribution in [0.3, 0.4) is 0 Å². The summed E-state index contributed by atoms with van der Waals surface area (Å²) in [5, 5.41) is 9.11. The number of aliphatic hydroxyl groups excluding tert-OH is 1. The monoisotopic (exact) mass is 238 g/mol. The van der Waals surface area contributed by atoms with Crippen LogP contribution < -0.4 is 9.64 Å². The lowest BCUT2D eigenvalue weighted by molar-refractivity contribution is 0.225. The number of ether oxygens (including phenoxy) is 1. The summed E-state index contributed by atoms with van der Waals surface area (Å²) in [6, 6.07) is 5.12. The highest BCUT2D eigenvalue weighted by Gasteiger charge is 2.14. The molecule has 0 saturated heterocycles. The van der Waals surface area contributed by atoms with Crippen molar-refractivity contribution in [3.8, 4) is 5.75 Å². The second-order valence-corrected chi connectivity index (χ2v) is 3.89. The van der Waals surface area contributed by atoms with Crippen LogP contribution in [0.5, 0.6) is 5.75 Å². The molecule has 0 aliphatic carbocycles.